The van der Waals surface area contributed by atoms with Gasteiger partial charge in [0.05, 0.1) is 6.42 Å². The molecule has 70 valence electrons. The lowest BCUT2D eigenvalue weighted by Crippen LogP contribution is -2.23. The molecule has 0 saturated heterocycles. The molecular formula is C8H14O4. The Morgan fingerprint density at radius 1 is 1.50 bits per heavy atom. The zero-order valence-corrected chi connectivity index (χ0v) is 7.53. The number of carbonyl (C=O) groups excluding carboxylic acids is 1. The molecule has 1 N–H and O–H groups in total. The van der Waals surface area contributed by atoms with Crippen LogP contribution < -0.4 is 0 Å². The Balaban J connectivity index is 3.68. The van der Waals surface area contributed by atoms with Crippen molar-refractivity contribution in [3.8, 4) is 0 Å². The molecule has 0 aliphatic carbocycles. The van der Waals surface area contributed by atoms with E-state index in [1.54, 1.807) is 20.8 Å². The van der Waals surface area contributed by atoms with E-state index < -0.39 is 5.60 Å². The Morgan fingerprint density at radius 3 is 2.50 bits per heavy atom. The second-order valence-corrected chi connectivity index (χ2v) is 3.27. The fourth-order valence-electron chi connectivity index (χ4n) is 0.571. The van der Waals surface area contributed by atoms with Gasteiger partial charge in [-0.3, -0.25) is 4.79 Å². The smallest absolute Gasteiger partial charge is 0.310 e. The molecule has 0 unspecified atom stereocenters. The lowest BCUT2D eigenvalue weighted by molar-refractivity contribution is -0.187. The van der Waals surface area contributed by atoms with Gasteiger partial charge < -0.3 is 9.62 Å². The molecule has 0 saturated carbocycles. The van der Waals surface area contributed by atoms with Crippen LogP contribution in [0.15, 0.2) is 12.3 Å². The van der Waals surface area contributed by atoms with Gasteiger partial charge in [-0.25, -0.2) is 5.26 Å². The number of rotatable bonds is 3. The summed E-state index contributed by atoms with van der Waals surface area (Å²) < 4.78 is 4.96. The van der Waals surface area contributed by atoms with Gasteiger partial charge in [-0.15, -0.1) is 0 Å². The van der Waals surface area contributed by atoms with Crippen molar-refractivity contribution >= 4 is 5.97 Å². The first-order valence-electron chi connectivity index (χ1n) is 3.63. The van der Waals surface area contributed by atoms with Gasteiger partial charge >= 0.3 is 5.97 Å². The Hall–Kier alpha value is -1.03. The van der Waals surface area contributed by atoms with E-state index in [1.165, 1.54) is 6.08 Å². The average Bonchev–Trinajstić information content (AvgIpc) is 1.84. The first-order valence-corrected chi connectivity index (χ1v) is 3.63. The molecule has 4 nitrogen and oxygen atoms in total. The third-order valence-electron chi connectivity index (χ3n) is 0.862. The summed E-state index contributed by atoms with van der Waals surface area (Å²) in [6.45, 7) is 5.37. The zero-order valence-electron chi connectivity index (χ0n) is 7.53. The number of carbonyl (C=O) groups is 1. The number of esters is 1. The highest BCUT2D eigenvalue weighted by Gasteiger charge is 2.14. The largest absolute Gasteiger partial charge is 0.460 e. The van der Waals surface area contributed by atoms with Gasteiger partial charge in [0.2, 0.25) is 0 Å². The normalized spacial score (nSPS) is 11.7. The maximum absolute atomic E-state index is 10.9. The zero-order chi connectivity index (χ0) is 9.61. The standard InChI is InChI=1S/C8H14O4/c1-8(2,3)12-7(9)5-4-6-11-10/h4,6,10H,5H2,1-3H3. The van der Waals surface area contributed by atoms with Crippen molar-refractivity contribution in [3.63, 3.8) is 0 Å². The van der Waals surface area contributed by atoms with Crippen molar-refractivity contribution in [1.82, 2.24) is 0 Å². The highest BCUT2D eigenvalue weighted by atomic mass is 17.1. The summed E-state index contributed by atoms with van der Waals surface area (Å²) in [5, 5.41) is 7.87. The van der Waals surface area contributed by atoms with E-state index in [1.807, 2.05) is 0 Å². The molecule has 12 heavy (non-hydrogen) atoms. The summed E-state index contributed by atoms with van der Waals surface area (Å²) in [5.41, 5.74) is -0.467. The van der Waals surface area contributed by atoms with Crippen LogP contribution >= 0.6 is 0 Å². The van der Waals surface area contributed by atoms with Crippen LogP contribution in [0.1, 0.15) is 27.2 Å². The van der Waals surface area contributed by atoms with Crippen molar-refractivity contribution in [2.45, 2.75) is 32.8 Å². The van der Waals surface area contributed by atoms with E-state index in [9.17, 15) is 4.79 Å². The van der Waals surface area contributed by atoms with Gasteiger partial charge in [0.25, 0.3) is 0 Å². The number of hydrogen-bond donors (Lipinski definition) is 1. The van der Waals surface area contributed by atoms with Crippen molar-refractivity contribution in [1.29, 1.82) is 0 Å². The summed E-state index contributed by atoms with van der Waals surface area (Å²) in [6.07, 6.45) is 2.48. The minimum atomic E-state index is -0.467. The number of hydrogen-bond acceptors (Lipinski definition) is 4. The van der Waals surface area contributed by atoms with Crippen molar-refractivity contribution in [3.05, 3.63) is 12.3 Å². The third kappa shape index (κ3) is 7.08. The Bertz CT molecular complexity index is 166. The van der Waals surface area contributed by atoms with Gasteiger partial charge in [-0.1, -0.05) is 0 Å². The molecule has 0 bridgehead atoms. The lowest BCUT2D eigenvalue weighted by Gasteiger charge is -2.18. The second-order valence-electron chi connectivity index (χ2n) is 3.27. The first kappa shape index (κ1) is 11.0. The highest BCUT2D eigenvalue weighted by molar-refractivity contribution is 5.71. The Kier molecular flexibility index (Phi) is 4.36. The topological polar surface area (TPSA) is 55.8 Å². The molecule has 0 heterocycles. The van der Waals surface area contributed by atoms with Crippen LogP contribution in [-0.2, 0) is 14.4 Å². The van der Waals surface area contributed by atoms with Gasteiger partial charge in [0.15, 0.2) is 0 Å². The van der Waals surface area contributed by atoms with Gasteiger partial charge in [0, 0.05) is 0 Å². The minimum Gasteiger partial charge on any atom is -0.460 e. The van der Waals surface area contributed by atoms with Gasteiger partial charge in [0.1, 0.15) is 11.9 Å². The van der Waals surface area contributed by atoms with Crippen molar-refractivity contribution < 1.29 is 19.7 Å². The van der Waals surface area contributed by atoms with E-state index in [0.29, 0.717) is 0 Å². The predicted octanol–water partition coefficient (Wildman–Crippen LogP) is 1.72. The van der Waals surface area contributed by atoms with Crippen molar-refractivity contribution in [2.24, 2.45) is 0 Å². The van der Waals surface area contributed by atoms with Crippen molar-refractivity contribution in [2.75, 3.05) is 0 Å². The molecule has 0 aromatic carbocycles. The summed E-state index contributed by atoms with van der Waals surface area (Å²) in [6, 6.07) is 0. The SMILES string of the molecule is CC(C)(C)OC(=O)CC=COO. The molecule has 0 atom stereocenters. The predicted molar refractivity (Wildman–Crippen MR) is 43.3 cm³/mol. The third-order valence-corrected chi connectivity index (χ3v) is 0.862. The fraction of sp³-hybridized carbons (Fsp3) is 0.625. The van der Waals surface area contributed by atoms with E-state index in [-0.39, 0.29) is 12.4 Å². The summed E-state index contributed by atoms with van der Waals surface area (Å²) in [5.74, 6) is -0.351. The van der Waals surface area contributed by atoms with Gasteiger partial charge in [-0.05, 0) is 26.8 Å². The van der Waals surface area contributed by atoms with E-state index in [0.717, 1.165) is 6.26 Å². The molecule has 4 heteroatoms. The molecular weight excluding hydrogens is 160 g/mol. The van der Waals surface area contributed by atoms with Crippen LogP contribution in [-0.4, -0.2) is 16.8 Å². The molecule has 0 aromatic heterocycles. The van der Waals surface area contributed by atoms with Crippen LogP contribution in [0.25, 0.3) is 0 Å². The maximum atomic E-state index is 10.9. The molecule has 0 rings (SSSR count). The molecule has 0 amide bonds. The molecule has 0 spiro atoms. The molecule has 0 aromatic rings. The molecule has 0 fully saturated rings. The van der Waals surface area contributed by atoms with Crippen LogP contribution in [0.5, 0.6) is 0 Å². The van der Waals surface area contributed by atoms with E-state index >= 15 is 0 Å². The van der Waals surface area contributed by atoms with E-state index in [4.69, 9.17) is 9.99 Å². The molecule has 0 aliphatic heterocycles. The Labute approximate surface area is 71.7 Å². The van der Waals surface area contributed by atoms with Gasteiger partial charge in [-0.2, -0.15) is 0 Å². The summed E-state index contributed by atoms with van der Waals surface area (Å²) in [4.78, 5) is 14.6. The fourth-order valence-corrected chi connectivity index (χ4v) is 0.571. The summed E-state index contributed by atoms with van der Waals surface area (Å²) in [7, 11) is 0. The molecule has 0 aliphatic rings. The van der Waals surface area contributed by atoms with Crippen LogP contribution in [0, 0.1) is 0 Å². The quantitative estimate of drug-likeness (QED) is 0.306. The second kappa shape index (κ2) is 4.77. The van der Waals surface area contributed by atoms with Crippen LogP contribution in [0.4, 0.5) is 0 Å². The average molecular weight is 174 g/mol. The maximum Gasteiger partial charge on any atom is 0.310 e. The first-order chi connectivity index (χ1) is 5.45. The minimum absolute atomic E-state index is 0.0951. The highest BCUT2D eigenvalue weighted by Crippen LogP contribution is 2.08. The van der Waals surface area contributed by atoms with Crippen LogP contribution in [0.2, 0.25) is 0 Å². The lowest BCUT2D eigenvalue weighted by atomic mass is 10.2. The monoisotopic (exact) mass is 174 g/mol. The van der Waals surface area contributed by atoms with E-state index in [2.05, 4.69) is 4.89 Å². The molecule has 0 radical (unpaired) electrons. The number of ether oxygens (including phenoxy) is 1. The summed E-state index contributed by atoms with van der Waals surface area (Å²) >= 11 is 0. The Morgan fingerprint density at radius 2 is 2.08 bits per heavy atom. The van der Waals surface area contributed by atoms with Crippen LogP contribution in [0.3, 0.4) is 0 Å².